The minimum atomic E-state index is 0.568. The van der Waals surface area contributed by atoms with Crippen LogP contribution in [-0.4, -0.2) is 61.4 Å². The van der Waals surface area contributed by atoms with Crippen LogP contribution in [0.15, 0.2) is 42.7 Å². The molecular formula is C25H30N4O3. The van der Waals surface area contributed by atoms with Crippen molar-refractivity contribution in [3.8, 4) is 17.2 Å². The number of hydrogen-bond acceptors (Lipinski definition) is 7. The van der Waals surface area contributed by atoms with E-state index >= 15 is 0 Å². The zero-order valence-electron chi connectivity index (χ0n) is 18.5. The summed E-state index contributed by atoms with van der Waals surface area (Å²) in [5.74, 6) is 3.00. The van der Waals surface area contributed by atoms with E-state index in [1.807, 2.05) is 18.3 Å². The lowest BCUT2D eigenvalue weighted by Gasteiger charge is -2.32. The van der Waals surface area contributed by atoms with Crippen LogP contribution in [0.1, 0.15) is 30.0 Å². The van der Waals surface area contributed by atoms with E-state index < -0.39 is 0 Å². The molecule has 7 heteroatoms. The average Bonchev–Trinajstić information content (AvgIpc) is 2.86. The summed E-state index contributed by atoms with van der Waals surface area (Å²) in [6.07, 6.45) is 6.03. The van der Waals surface area contributed by atoms with Gasteiger partial charge in [-0.2, -0.15) is 0 Å². The second kappa shape index (κ2) is 9.71. The van der Waals surface area contributed by atoms with Gasteiger partial charge in [0.05, 0.1) is 24.5 Å². The highest BCUT2D eigenvalue weighted by molar-refractivity contribution is 5.84. The van der Waals surface area contributed by atoms with Gasteiger partial charge in [0.15, 0.2) is 11.5 Å². The van der Waals surface area contributed by atoms with Gasteiger partial charge >= 0.3 is 0 Å². The van der Waals surface area contributed by atoms with Crippen molar-refractivity contribution in [1.29, 1.82) is 0 Å². The van der Waals surface area contributed by atoms with Crippen molar-refractivity contribution in [2.75, 3.05) is 46.5 Å². The molecule has 1 fully saturated rings. The normalized spacial score (nSPS) is 16.9. The molecule has 0 aliphatic carbocycles. The Hall–Kier alpha value is -2.90. The first-order valence-corrected chi connectivity index (χ1v) is 11.4. The van der Waals surface area contributed by atoms with Crippen molar-refractivity contribution < 1.29 is 14.2 Å². The van der Waals surface area contributed by atoms with Crippen molar-refractivity contribution in [2.24, 2.45) is 0 Å². The maximum atomic E-state index is 5.64. The number of rotatable bonds is 7. The van der Waals surface area contributed by atoms with E-state index in [4.69, 9.17) is 14.2 Å². The number of benzene rings is 1. The first kappa shape index (κ1) is 21.0. The Morgan fingerprint density at radius 3 is 2.75 bits per heavy atom. The standard InChI is InChI=1S/C25H30N4O3/c1-30-20-2-3-23-22(15-20)21(4-7-27-23)18-5-9-29(10-6-18)11-8-26-16-19-14-24-25(17-28-19)32-13-12-31-24/h2-4,7,14-15,17-18,26H,5-6,8-13,16H2,1H3. The number of piperidine rings is 1. The molecule has 0 saturated carbocycles. The van der Waals surface area contributed by atoms with Gasteiger partial charge in [0, 0.05) is 37.3 Å². The van der Waals surface area contributed by atoms with Gasteiger partial charge in [-0.05, 0) is 61.7 Å². The molecule has 0 bridgehead atoms. The summed E-state index contributed by atoms with van der Waals surface area (Å²) < 4.78 is 16.6. The summed E-state index contributed by atoms with van der Waals surface area (Å²) in [5.41, 5.74) is 3.42. The molecule has 1 saturated heterocycles. The number of fused-ring (bicyclic) bond motifs is 2. The van der Waals surface area contributed by atoms with Crippen molar-refractivity contribution >= 4 is 10.9 Å². The first-order valence-electron chi connectivity index (χ1n) is 11.4. The molecule has 0 radical (unpaired) electrons. The fourth-order valence-electron chi connectivity index (χ4n) is 4.64. The van der Waals surface area contributed by atoms with Gasteiger partial charge in [0.1, 0.15) is 19.0 Å². The Morgan fingerprint density at radius 2 is 1.91 bits per heavy atom. The maximum Gasteiger partial charge on any atom is 0.179 e. The monoisotopic (exact) mass is 434 g/mol. The third kappa shape index (κ3) is 4.64. The molecule has 0 spiro atoms. The van der Waals surface area contributed by atoms with Gasteiger partial charge in [-0.3, -0.25) is 9.97 Å². The van der Waals surface area contributed by atoms with Gasteiger partial charge < -0.3 is 24.4 Å². The first-order chi connectivity index (χ1) is 15.8. The number of pyridine rings is 2. The van der Waals surface area contributed by atoms with Gasteiger partial charge in [0.25, 0.3) is 0 Å². The van der Waals surface area contributed by atoms with Crippen molar-refractivity contribution in [3.05, 3.63) is 54.0 Å². The van der Waals surface area contributed by atoms with Crippen LogP contribution in [-0.2, 0) is 6.54 Å². The van der Waals surface area contributed by atoms with Crippen LogP contribution in [0.5, 0.6) is 17.2 Å². The van der Waals surface area contributed by atoms with E-state index in [0.717, 1.165) is 61.2 Å². The van der Waals surface area contributed by atoms with E-state index in [1.165, 1.54) is 23.8 Å². The predicted octanol–water partition coefficient (Wildman–Crippen LogP) is 3.38. The highest BCUT2D eigenvalue weighted by atomic mass is 16.6. The van der Waals surface area contributed by atoms with E-state index in [0.29, 0.717) is 19.1 Å². The molecule has 2 aliphatic heterocycles. The molecule has 5 rings (SSSR count). The Labute approximate surface area is 188 Å². The number of likely N-dealkylation sites (tertiary alicyclic amines) is 1. The highest BCUT2D eigenvalue weighted by Crippen LogP contribution is 2.34. The van der Waals surface area contributed by atoms with Crippen LogP contribution >= 0.6 is 0 Å². The van der Waals surface area contributed by atoms with E-state index in [9.17, 15) is 0 Å². The summed E-state index contributed by atoms with van der Waals surface area (Å²) in [5, 5.41) is 4.73. The molecule has 0 atom stereocenters. The molecule has 168 valence electrons. The quantitative estimate of drug-likeness (QED) is 0.572. The van der Waals surface area contributed by atoms with Gasteiger partial charge in [0.2, 0.25) is 0 Å². The average molecular weight is 435 g/mol. The SMILES string of the molecule is COc1ccc2nccc(C3CCN(CCNCc4cc5c(cn4)OCCO5)CC3)c2c1. The summed E-state index contributed by atoms with van der Waals surface area (Å²) >= 11 is 0. The lowest BCUT2D eigenvalue weighted by molar-refractivity contribution is 0.170. The zero-order chi connectivity index (χ0) is 21.8. The maximum absolute atomic E-state index is 5.64. The number of methoxy groups -OCH3 is 1. The lowest BCUT2D eigenvalue weighted by Crippen LogP contribution is -2.37. The third-order valence-corrected chi connectivity index (χ3v) is 6.41. The van der Waals surface area contributed by atoms with Crippen LogP contribution in [0, 0.1) is 0 Å². The summed E-state index contributed by atoms with van der Waals surface area (Å²) in [4.78, 5) is 11.5. The van der Waals surface area contributed by atoms with Crippen LogP contribution in [0.25, 0.3) is 10.9 Å². The van der Waals surface area contributed by atoms with Crippen LogP contribution in [0.3, 0.4) is 0 Å². The minimum Gasteiger partial charge on any atom is -0.497 e. The minimum absolute atomic E-state index is 0.568. The molecule has 1 aromatic carbocycles. The van der Waals surface area contributed by atoms with Gasteiger partial charge in [-0.25, -0.2) is 0 Å². The molecule has 3 aromatic rings. The molecule has 2 aliphatic rings. The number of ether oxygens (including phenoxy) is 3. The van der Waals surface area contributed by atoms with Crippen molar-refractivity contribution in [2.45, 2.75) is 25.3 Å². The number of nitrogens with zero attached hydrogens (tertiary/aromatic N) is 3. The van der Waals surface area contributed by atoms with E-state index in [2.05, 4.69) is 38.4 Å². The van der Waals surface area contributed by atoms with E-state index in [1.54, 1.807) is 13.3 Å². The molecular weight excluding hydrogens is 404 g/mol. The molecule has 2 aromatic heterocycles. The highest BCUT2D eigenvalue weighted by Gasteiger charge is 2.22. The summed E-state index contributed by atoms with van der Waals surface area (Å²) in [7, 11) is 1.72. The predicted molar refractivity (Wildman–Crippen MR) is 124 cm³/mol. The Kier molecular flexibility index (Phi) is 6.36. The molecule has 4 heterocycles. The van der Waals surface area contributed by atoms with E-state index in [-0.39, 0.29) is 0 Å². The Balaban J connectivity index is 1.11. The smallest absolute Gasteiger partial charge is 0.179 e. The third-order valence-electron chi connectivity index (χ3n) is 6.41. The summed E-state index contributed by atoms with van der Waals surface area (Å²) in [6, 6.07) is 10.3. The molecule has 32 heavy (non-hydrogen) atoms. The topological polar surface area (TPSA) is 68.7 Å². The second-order valence-corrected chi connectivity index (χ2v) is 8.40. The van der Waals surface area contributed by atoms with Crippen molar-refractivity contribution in [1.82, 2.24) is 20.2 Å². The molecule has 7 nitrogen and oxygen atoms in total. The molecule has 0 amide bonds. The zero-order valence-corrected chi connectivity index (χ0v) is 18.5. The number of hydrogen-bond donors (Lipinski definition) is 1. The molecule has 0 unspecified atom stereocenters. The Bertz CT molecular complexity index is 1070. The number of nitrogens with one attached hydrogen (secondary N) is 1. The van der Waals surface area contributed by atoms with Crippen LogP contribution in [0.2, 0.25) is 0 Å². The second-order valence-electron chi connectivity index (χ2n) is 8.40. The van der Waals surface area contributed by atoms with Crippen LogP contribution < -0.4 is 19.5 Å². The van der Waals surface area contributed by atoms with Crippen molar-refractivity contribution in [3.63, 3.8) is 0 Å². The largest absolute Gasteiger partial charge is 0.497 e. The fraction of sp³-hybridized carbons (Fsp3) is 0.440. The fourth-order valence-corrected chi connectivity index (χ4v) is 4.64. The number of aromatic nitrogens is 2. The molecule has 1 N–H and O–H groups in total. The van der Waals surface area contributed by atoms with Gasteiger partial charge in [-0.15, -0.1) is 0 Å². The van der Waals surface area contributed by atoms with Crippen LogP contribution in [0.4, 0.5) is 0 Å². The lowest BCUT2D eigenvalue weighted by atomic mass is 9.87. The summed E-state index contributed by atoms with van der Waals surface area (Å²) in [6.45, 7) is 6.14. The Morgan fingerprint density at radius 1 is 1.06 bits per heavy atom. The van der Waals surface area contributed by atoms with Gasteiger partial charge in [-0.1, -0.05) is 0 Å².